The molecule has 1 unspecified atom stereocenters. The zero-order chi connectivity index (χ0) is 11.5. The molecule has 2 nitrogen and oxygen atoms in total. The highest BCUT2D eigenvalue weighted by Crippen LogP contribution is 2.33. The second-order valence-corrected chi connectivity index (χ2v) is 6.16. The van der Waals surface area contributed by atoms with Crippen molar-refractivity contribution >= 4 is 34.5 Å². The summed E-state index contributed by atoms with van der Waals surface area (Å²) in [6.07, 6.45) is 1.27. The standard InChI is InChI=1S/C11H16Cl2N2S/c1-14-4-8-2-3-15(5-8)6-9-7-16-11(13)10(9)12/h7-8,14H,2-6H2,1H3. The van der Waals surface area contributed by atoms with Crippen LogP contribution in [-0.2, 0) is 6.54 Å². The Morgan fingerprint density at radius 1 is 1.56 bits per heavy atom. The SMILES string of the molecule is CNCC1CCN(Cc2csc(Cl)c2Cl)C1. The summed E-state index contributed by atoms with van der Waals surface area (Å²) in [5.74, 6) is 0.776. The van der Waals surface area contributed by atoms with Crippen LogP contribution >= 0.6 is 34.5 Å². The van der Waals surface area contributed by atoms with Gasteiger partial charge in [-0.15, -0.1) is 11.3 Å². The molecule has 1 aliphatic heterocycles. The van der Waals surface area contributed by atoms with Crippen molar-refractivity contribution in [2.24, 2.45) is 5.92 Å². The van der Waals surface area contributed by atoms with Crippen LogP contribution < -0.4 is 5.32 Å². The van der Waals surface area contributed by atoms with Crippen molar-refractivity contribution in [2.45, 2.75) is 13.0 Å². The number of likely N-dealkylation sites (tertiary alicyclic amines) is 1. The van der Waals surface area contributed by atoms with Crippen molar-refractivity contribution < 1.29 is 0 Å². The van der Waals surface area contributed by atoms with Gasteiger partial charge in [0.25, 0.3) is 0 Å². The minimum atomic E-state index is 0.711. The highest BCUT2D eigenvalue weighted by Gasteiger charge is 2.22. The summed E-state index contributed by atoms with van der Waals surface area (Å²) in [6.45, 7) is 4.36. The third-order valence-corrected chi connectivity index (χ3v) is 4.93. The van der Waals surface area contributed by atoms with Gasteiger partial charge in [0.05, 0.1) is 5.02 Å². The van der Waals surface area contributed by atoms with Crippen LogP contribution in [0.1, 0.15) is 12.0 Å². The van der Waals surface area contributed by atoms with Crippen LogP contribution in [-0.4, -0.2) is 31.6 Å². The maximum atomic E-state index is 6.12. The molecular formula is C11H16Cl2N2S. The highest BCUT2D eigenvalue weighted by atomic mass is 35.5. The summed E-state index contributed by atoms with van der Waals surface area (Å²) in [6, 6.07) is 0. The number of nitrogens with zero attached hydrogens (tertiary/aromatic N) is 1. The average Bonchev–Trinajstić information content (AvgIpc) is 2.82. The maximum Gasteiger partial charge on any atom is 0.112 e. The first-order valence-electron chi connectivity index (χ1n) is 5.49. The van der Waals surface area contributed by atoms with Crippen LogP contribution in [0.25, 0.3) is 0 Å². The quantitative estimate of drug-likeness (QED) is 0.911. The lowest BCUT2D eigenvalue weighted by Gasteiger charge is -2.15. The van der Waals surface area contributed by atoms with Gasteiger partial charge in [-0.05, 0) is 43.4 Å². The second kappa shape index (κ2) is 5.69. The lowest BCUT2D eigenvalue weighted by Crippen LogP contribution is -2.24. The average molecular weight is 279 g/mol. The molecule has 0 bridgehead atoms. The van der Waals surface area contributed by atoms with Crippen molar-refractivity contribution in [1.82, 2.24) is 10.2 Å². The molecule has 2 rings (SSSR count). The molecule has 2 heterocycles. The number of thiophene rings is 1. The van der Waals surface area contributed by atoms with Gasteiger partial charge < -0.3 is 5.32 Å². The smallest absolute Gasteiger partial charge is 0.112 e. The minimum Gasteiger partial charge on any atom is -0.319 e. The molecule has 0 spiro atoms. The Morgan fingerprint density at radius 3 is 3.00 bits per heavy atom. The van der Waals surface area contributed by atoms with E-state index in [0.717, 1.165) is 37.1 Å². The fourth-order valence-corrected chi connectivity index (χ4v) is 3.45. The number of rotatable bonds is 4. The van der Waals surface area contributed by atoms with E-state index in [1.165, 1.54) is 23.3 Å². The molecule has 0 saturated carbocycles. The summed E-state index contributed by atoms with van der Waals surface area (Å²) in [5.41, 5.74) is 1.17. The Hall–Kier alpha value is 0.200. The molecule has 0 aliphatic carbocycles. The van der Waals surface area contributed by atoms with Crippen molar-refractivity contribution in [2.75, 3.05) is 26.7 Å². The summed E-state index contributed by atoms with van der Waals surface area (Å²) >= 11 is 13.6. The number of hydrogen-bond donors (Lipinski definition) is 1. The van der Waals surface area contributed by atoms with Gasteiger partial charge in [-0.2, -0.15) is 0 Å². The summed E-state index contributed by atoms with van der Waals surface area (Å²) in [4.78, 5) is 2.45. The third-order valence-electron chi connectivity index (χ3n) is 3.02. The van der Waals surface area contributed by atoms with Crippen LogP contribution in [0.4, 0.5) is 0 Å². The zero-order valence-electron chi connectivity index (χ0n) is 9.30. The Balaban J connectivity index is 1.89. The Labute approximate surface area is 111 Å². The number of hydrogen-bond acceptors (Lipinski definition) is 3. The van der Waals surface area contributed by atoms with Gasteiger partial charge in [0, 0.05) is 13.1 Å². The van der Waals surface area contributed by atoms with Gasteiger partial charge in [-0.1, -0.05) is 23.2 Å². The van der Waals surface area contributed by atoms with Crippen molar-refractivity contribution in [3.05, 3.63) is 20.3 Å². The Morgan fingerprint density at radius 2 is 2.38 bits per heavy atom. The maximum absolute atomic E-state index is 6.12. The van der Waals surface area contributed by atoms with Gasteiger partial charge in [-0.3, -0.25) is 4.90 Å². The van der Waals surface area contributed by atoms with E-state index in [2.05, 4.69) is 15.6 Å². The number of halogens is 2. The van der Waals surface area contributed by atoms with E-state index in [0.29, 0.717) is 4.34 Å². The molecule has 5 heteroatoms. The summed E-state index contributed by atoms with van der Waals surface area (Å²) < 4.78 is 0.711. The van der Waals surface area contributed by atoms with Crippen LogP contribution in [0.5, 0.6) is 0 Å². The molecule has 1 aliphatic rings. The fourth-order valence-electron chi connectivity index (χ4n) is 2.21. The molecule has 16 heavy (non-hydrogen) atoms. The normalized spacial score (nSPS) is 21.8. The molecule has 1 saturated heterocycles. The molecule has 1 aromatic rings. The molecule has 90 valence electrons. The molecule has 1 N–H and O–H groups in total. The molecule has 1 aromatic heterocycles. The first-order chi connectivity index (χ1) is 7.70. The largest absolute Gasteiger partial charge is 0.319 e. The van der Waals surface area contributed by atoms with Gasteiger partial charge in [0.1, 0.15) is 4.34 Å². The lowest BCUT2D eigenvalue weighted by atomic mass is 10.1. The topological polar surface area (TPSA) is 15.3 Å². The van der Waals surface area contributed by atoms with E-state index in [4.69, 9.17) is 23.2 Å². The second-order valence-electron chi connectivity index (χ2n) is 4.30. The van der Waals surface area contributed by atoms with Crippen molar-refractivity contribution in [3.63, 3.8) is 0 Å². The Bertz CT molecular complexity index is 354. The monoisotopic (exact) mass is 278 g/mol. The van der Waals surface area contributed by atoms with Crippen molar-refractivity contribution in [1.29, 1.82) is 0 Å². The molecule has 0 aromatic carbocycles. The third kappa shape index (κ3) is 2.90. The van der Waals surface area contributed by atoms with Gasteiger partial charge in [0.15, 0.2) is 0 Å². The van der Waals surface area contributed by atoms with E-state index < -0.39 is 0 Å². The van der Waals surface area contributed by atoms with Crippen LogP contribution in [0, 0.1) is 5.92 Å². The first kappa shape index (κ1) is 12.7. The molecule has 0 radical (unpaired) electrons. The van der Waals surface area contributed by atoms with Crippen LogP contribution in [0.15, 0.2) is 5.38 Å². The van der Waals surface area contributed by atoms with E-state index >= 15 is 0 Å². The molecule has 1 fully saturated rings. The lowest BCUT2D eigenvalue weighted by molar-refractivity contribution is 0.316. The summed E-state index contributed by atoms with van der Waals surface area (Å²) in [5, 5.41) is 6.04. The summed E-state index contributed by atoms with van der Waals surface area (Å²) in [7, 11) is 2.01. The predicted molar refractivity (Wildman–Crippen MR) is 71.6 cm³/mol. The fraction of sp³-hybridized carbons (Fsp3) is 0.636. The zero-order valence-corrected chi connectivity index (χ0v) is 11.6. The van der Waals surface area contributed by atoms with E-state index in [1.807, 2.05) is 7.05 Å². The molecular weight excluding hydrogens is 263 g/mol. The predicted octanol–water partition coefficient (Wildman–Crippen LogP) is 3.10. The van der Waals surface area contributed by atoms with Gasteiger partial charge in [-0.25, -0.2) is 0 Å². The Kier molecular flexibility index (Phi) is 4.50. The first-order valence-corrected chi connectivity index (χ1v) is 7.12. The van der Waals surface area contributed by atoms with E-state index in [-0.39, 0.29) is 0 Å². The van der Waals surface area contributed by atoms with Crippen LogP contribution in [0.2, 0.25) is 9.36 Å². The number of nitrogens with one attached hydrogen (secondary N) is 1. The van der Waals surface area contributed by atoms with Crippen LogP contribution in [0.3, 0.4) is 0 Å². The van der Waals surface area contributed by atoms with E-state index in [1.54, 1.807) is 0 Å². The molecule has 0 amide bonds. The van der Waals surface area contributed by atoms with Crippen molar-refractivity contribution in [3.8, 4) is 0 Å². The van der Waals surface area contributed by atoms with Gasteiger partial charge in [0.2, 0.25) is 0 Å². The molecule has 1 atom stereocenters. The van der Waals surface area contributed by atoms with E-state index in [9.17, 15) is 0 Å². The highest BCUT2D eigenvalue weighted by molar-refractivity contribution is 7.15. The minimum absolute atomic E-state index is 0.711. The van der Waals surface area contributed by atoms with Gasteiger partial charge >= 0.3 is 0 Å².